The predicted octanol–water partition coefficient (Wildman–Crippen LogP) is -1.87. The third kappa shape index (κ3) is 7.67. The Morgan fingerprint density at radius 2 is 1.85 bits per heavy atom. The molecule has 2 aromatic rings. The minimum Gasteiger partial charge on any atom is -0.480 e. The fourth-order valence-corrected chi connectivity index (χ4v) is 4.62. The molecule has 1 aromatic carbocycles. The number of nitrogens with two attached hydrogens (primary N) is 3. The van der Waals surface area contributed by atoms with Gasteiger partial charge in [0.05, 0.1) is 12.6 Å². The summed E-state index contributed by atoms with van der Waals surface area (Å²) in [5.41, 5.74) is 18.5. The standard InChI is InChI=1S/C25H36N8O6/c26-16(11-14-12-30-17-6-2-1-5-15(14)17)21(35)32-19(13-34)22(36)31-18(7-3-9-29-25(27)28)23(37)33-10-4-8-20(33)24(38)39/h1-2,5-6,12,16,18-20,30,34H,3-4,7-11,13,26H2,(H,31,36)(H,32,35)(H,38,39)(H4,27,28,29). The maximum Gasteiger partial charge on any atom is 0.326 e. The van der Waals surface area contributed by atoms with Crippen LogP contribution in [0.15, 0.2) is 35.5 Å². The molecule has 0 radical (unpaired) electrons. The van der Waals surface area contributed by atoms with Crippen LogP contribution in [0.1, 0.15) is 31.2 Å². The molecule has 4 unspecified atom stereocenters. The van der Waals surface area contributed by atoms with Gasteiger partial charge < -0.3 is 47.9 Å². The van der Waals surface area contributed by atoms with Crippen LogP contribution in [0, 0.1) is 0 Å². The van der Waals surface area contributed by atoms with Gasteiger partial charge in [-0.2, -0.15) is 0 Å². The first-order valence-electron chi connectivity index (χ1n) is 12.7. The van der Waals surface area contributed by atoms with Crippen molar-refractivity contribution in [2.75, 3.05) is 19.7 Å². The molecule has 3 rings (SSSR count). The van der Waals surface area contributed by atoms with Crippen LogP contribution >= 0.6 is 0 Å². The molecule has 2 heterocycles. The molecule has 1 aromatic heterocycles. The van der Waals surface area contributed by atoms with Gasteiger partial charge in [0, 0.05) is 30.2 Å². The second-order valence-electron chi connectivity index (χ2n) is 9.45. The van der Waals surface area contributed by atoms with Crippen LogP contribution in [-0.4, -0.2) is 93.6 Å². The average molecular weight is 545 g/mol. The molecule has 3 amide bonds. The maximum absolute atomic E-state index is 13.2. The first-order valence-corrected chi connectivity index (χ1v) is 12.7. The number of aliphatic hydroxyl groups is 1. The van der Waals surface area contributed by atoms with Gasteiger partial charge in [-0.25, -0.2) is 4.79 Å². The van der Waals surface area contributed by atoms with E-state index in [9.17, 15) is 29.4 Å². The fraction of sp³-hybridized carbons (Fsp3) is 0.480. The molecule has 0 bridgehead atoms. The van der Waals surface area contributed by atoms with Crippen LogP contribution in [0.5, 0.6) is 0 Å². The van der Waals surface area contributed by atoms with Gasteiger partial charge in [0.2, 0.25) is 17.7 Å². The Morgan fingerprint density at radius 3 is 2.54 bits per heavy atom. The Hall–Kier alpha value is -4.17. The number of H-pyrrole nitrogens is 1. The van der Waals surface area contributed by atoms with E-state index >= 15 is 0 Å². The molecule has 1 aliphatic rings. The van der Waals surface area contributed by atoms with Gasteiger partial charge in [0.15, 0.2) is 5.96 Å². The number of aliphatic imine (C=N–C) groups is 1. The van der Waals surface area contributed by atoms with Crippen LogP contribution < -0.4 is 27.8 Å². The highest BCUT2D eigenvalue weighted by Gasteiger charge is 2.38. The van der Waals surface area contributed by atoms with Crippen molar-refractivity contribution in [3.05, 3.63) is 36.0 Å². The van der Waals surface area contributed by atoms with Gasteiger partial charge in [-0.3, -0.25) is 19.4 Å². The molecular weight excluding hydrogens is 508 g/mol. The van der Waals surface area contributed by atoms with Crippen LogP contribution in [0.3, 0.4) is 0 Å². The lowest BCUT2D eigenvalue weighted by atomic mass is 10.0. The number of guanidine groups is 1. The largest absolute Gasteiger partial charge is 0.480 e. The molecule has 14 heteroatoms. The molecule has 0 aliphatic carbocycles. The summed E-state index contributed by atoms with van der Waals surface area (Å²) in [6.07, 6.45) is 3.19. The number of nitrogens with one attached hydrogen (secondary N) is 3. The lowest BCUT2D eigenvalue weighted by Crippen LogP contribution is -2.58. The number of nitrogens with zero attached hydrogens (tertiary/aromatic N) is 2. The van der Waals surface area contributed by atoms with Gasteiger partial charge in [-0.1, -0.05) is 18.2 Å². The number of carbonyl (C=O) groups is 4. The van der Waals surface area contributed by atoms with Crippen LogP contribution in [0.25, 0.3) is 10.9 Å². The number of carbonyl (C=O) groups excluding carboxylic acids is 3. The molecule has 14 nitrogen and oxygen atoms in total. The van der Waals surface area contributed by atoms with E-state index < -0.39 is 54.5 Å². The van der Waals surface area contributed by atoms with Crippen molar-refractivity contribution in [2.45, 2.75) is 56.3 Å². The number of benzene rings is 1. The van der Waals surface area contributed by atoms with E-state index in [1.165, 1.54) is 4.90 Å². The SMILES string of the molecule is NC(N)=NCCCC(NC(=O)C(CO)NC(=O)C(N)Cc1c[nH]c2ccccc12)C(=O)N1CCCC1C(=O)O. The number of para-hydroxylation sites is 1. The number of aliphatic hydroxyl groups excluding tert-OH is 1. The fourth-order valence-electron chi connectivity index (χ4n) is 4.62. The van der Waals surface area contributed by atoms with Crippen molar-refractivity contribution in [3.63, 3.8) is 0 Å². The highest BCUT2D eigenvalue weighted by molar-refractivity contribution is 5.94. The van der Waals surface area contributed by atoms with Gasteiger partial charge in [-0.15, -0.1) is 0 Å². The third-order valence-electron chi connectivity index (χ3n) is 6.65. The van der Waals surface area contributed by atoms with Crippen molar-refractivity contribution in [1.82, 2.24) is 20.5 Å². The monoisotopic (exact) mass is 544 g/mol. The number of carboxylic acid groups (broad SMARTS) is 1. The number of hydrogen-bond donors (Lipinski definition) is 8. The van der Waals surface area contributed by atoms with Crippen LogP contribution in [0.2, 0.25) is 0 Å². The summed E-state index contributed by atoms with van der Waals surface area (Å²) in [5, 5.41) is 25.2. The summed E-state index contributed by atoms with van der Waals surface area (Å²) in [6.45, 7) is -0.320. The quantitative estimate of drug-likeness (QED) is 0.0798. The van der Waals surface area contributed by atoms with Gasteiger partial charge >= 0.3 is 5.97 Å². The minimum absolute atomic E-state index is 0.108. The average Bonchev–Trinajstić information content (AvgIpc) is 3.56. The van der Waals surface area contributed by atoms with Crippen molar-refractivity contribution in [3.8, 4) is 0 Å². The van der Waals surface area contributed by atoms with E-state index in [4.69, 9.17) is 17.2 Å². The molecule has 1 fully saturated rings. The first-order chi connectivity index (χ1) is 18.6. The Kier molecular flexibility index (Phi) is 10.2. The van der Waals surface area contributed by atoms with E-state index in [0.717, 1.165) is 16.5 Å². The van der Waals surface area contributed by atoms with E-state index in [0.29, 0.717) is 19.3 Å². The Morgan fingerprint density at radius 1 is 1.13 bits per heavy atom. The van der Waals surface area contributed by atoms with E-state index in [1.807, 2.05) is 24.3 Å². The molecule has 1 aliphatic heterocycles. The van der Waals surface area contributed by atoms with E-state index in [1.54, 1.807) is 6.20 Å². The summed E-state index contributed by atoms with van der Waals surface area (Å²) in [4.78, 5) is 58.8. The second kappa shape index (κ2) is 13.6. The number of likely N-dealkylation sites (tertiary alicyclic amines) is 1. The molecule has 0 saturated carbocycles. The first kappa shape index (κ1) is 29.4. The summed E-state index contributed by atoms with van der Waals surface area (Å²) >= 11 is 0. The van der Waals surface area contributed by atoms with Crippen LogP contribution in [-0.2, 0) is 25.6 Å². The molecule has 0 spiro atoms. The predicted molar refractivity (Wildman–Crippen MR) is 143 cm³/mol. The zero-order valence-electron chi connectivity index (χ0n) is 21.5. The number of rotatable bonds is 13. The number of aromatic amines is 1. The summed E-state index contributed by atoms with van der Waals surface area (Å²) < 4.78 is 0. The zero-order valence-corrected chi connectivity index (χ0v) is 21.5. The van der Waals surface area contributed by atoms with E-state index in [-0.39, 0.29) is 31.9 Å². The van der Waals surface area contributed by atoms with Crippen molar-refractivity contribution in [1.29, 1.82) is 0 Å². The highest BCUT2D eigenvalue weighted by atomic mass is 16.4. The molecular formula is C25H36N8O6. The topological polar surface area (TPSA) is 242 Å². The smallest absolute Gasteiger partial charge is 0.326 e. The van der Waals surface area contributed by atoms with Crippen molar-refractivity contribution in [2.24, 2.45) is 22.2 Å². The molecule has 39 heavy (non-hydrogen) atoms. The molecule has 1 saturated heterocycles. The van der Waals surface area contributed by atoms with Gasteiger partial charge in [-0.05, 0) is 43.7 Å². The highest BCUT2D eigenvalue weighted by Crippen LogP contribution is 2.20. The summed E-state index contributed by atoms with van der Waals surface area (Å²) in [5.74, 6) is -3.29. The van der Waals surface area contributed by atoms with Crippen molar-refractivity contribution < 1.29 is 29.4 Å². The molecule has 11 N–H and O–H groups in total. The normalized spacial score (nSPS) is 17.3. The number of hydrogen-bond acceptors (Lipinski definition) is 7. The number of amides is 3. The summed E-state index contributed by atoms with van der Waals surface area (Å²) in [6, 6.07) is 3.04. The maximum atomic E-state index is 13.2. The lowest BCUT2D eigenvalue weighted by molar-refractivity contribution is -0.149. The molecule has 4 atom stereocenters. The number of carboxylic acids is 1. The lowest BCUT2D eigenvalue weighted by Gasteiger charge is -2.28. The Labute approximate surface area is 225 Å². The van der Waals surface area contributed by atoms with E-state index in [2.05, 4.69) is 20.6 Å². The Bertz CT molecular complexity index is 1210. The second-order valence-corrected chi connectivity index (χ2v) is 9.45. The number of aliphatic carboxylic acids is 1. The van der Waals surface area contributed by atoms with Gasteiger partial charge in [0.1, 0.15) is 18.1 Å². The van der Waals surface area contributed by atoms with Crippen molar-refractivity contribution >= 4 is 40.6 Å². The number of aromatic nitrogens is 1. The molecule has 212 valence electrons. The third-order valence-corrected chi connectivity index (χ3v) is 6.65. The van der Waals surface area contributed by atoms with Gasteiger partial charge in [0.25, 0.3) is 0 Å². The minimum atomic E-state index is -1.38. The Balaban J connectivity index is 1.66. The summed E-state index contributed by atoms with van der Waals surface area (Å²) in [7, 11) is 0. The number of fused-ring (bicyclic) bond motifs is 1. The van der Waals surface area contributed by atoms with Crippen LogP contribution in [0.4, 0.5) is 0 Å². The zero-order chi connectivity index (χ0) is 28.5.